The minimum atomic E-state index is -0.525. The number of hydrogen-bond acceptors (Lipinski definition) is 6. The third kappa shape index (κ3) is 8.16. The molecule has 2 bridgehead atoms. The minimum absolute atomic E-state index is 0.100. The molecule has 6 nitrogen and oxygen atoms in total. The van der Waals surface area contributed by atoms with E-state index in [1.165, 1.54) is 6.42 Å². The third-order valence-electron chi connectivity index (χ3n) is 10.4. The van der Waals surface area contributed by atoms with E-state index < -0.39 is 12.2 Å². The molecule has 0 amide bonds. The summed E-state index contributed by atoms with van der Waals surface area (Å²) in [6.45, 7) is 3.95. The minimum Gasteiger partial charge on any atom is -0.393 e. The first-order valence-corrected chi connectivity index (χ1v) is 15.5. The van der Waals surface area contributed by atoms with Crippen LogP contribution in [0.4, 0.5) is 0 Å². The summed E-state index contributed by atoms with van der Waals surface area (Å²) in [5.74, 6) is 8.25. The molecule has 4 aliphatic rings. The number of aliphatic hydroxyl groups is 3. The Morgan fingerprint density at radius 1 is 1.05 bits per heavy atom. The van der Waals surface area contributed by atoms with Crippen molar-refractivity contribution >= 4 is 0 Å². The van der Waals surface area contributed by atoms with Crippen LogP contribution in [0.25, 0.3) is 0 Å². The van der Waals surface area contributed by atoms with Gasteiger partial charge in [0, 0.05) is 24.4 Å². The van der Waals surface area contributed by atoms with Crippen molar-refractivity contribution in [2.24, 2.45) is 34.8 Å². The van der Waals surface area contributed by atoms with Crippen LogP contribution in [0.3, 0.4) is 0 Å². The van der Waals surface area contributed by atoms with Gasteiger partial charge < -0.3 is 31.1 Å². The molecule has 212 valence electrons. The van der Waals surface area contributed by atoms with Crippen molar-refractivity contribution in [1.82, 2.24) is 5.32 Å². The van der Waals surface area contributed by atoms with Gasteiger partial charge in [-0.15, -0.1) is 5.92 Å². The normalized spacial score (nSPS) is 41.5. The van der Waals surface area contributed by atoms with E-state index >= 15 is 0 Å². The highest BCUT2D eigenvalue weighted by Gasteiger charge is 2.38. The highest BCUT2D eigenvalue weighted by molar-refractivity contribution is 5.15. The van der Waals surface area contributed by atoms with Crippen molar-refractivity contribution in [2.75, 3.05) is 13.2 Å². The van der Waals surface area contributed by atoms with Crippen LogP contribution in [-0.4, -0.2) is 59.1 Å². The summed E-state index contributed by atoms with van der Waals surface area (Å²) in [6, 6.07) is 0. The number of rotatable bonds is 10. The predicted octanol–water partition coefficient (Wildman–Crippen LogP) is 4.10. The summed E-state index contributed by atoms with van der Waals surface area (Å²) in [7, 11) is 0. The van der Waals surface area contributed by atoms with E-state index in [2.05, 4.69) is 24.1 Å². The van der Waals surface area contributed by atoms with Crippen molar-refractivity contribution in [2.45, 2.75) is 140 Å². The van der Waals surface area contributed by atoms with E-state index in [1.807, 2.05) is 0 Å². The summed E-state index contributed by atoms with van der Waals surface area (Å²) in [5.41, 5.74) is 6.14. The van der Waals surface area contributed by atoms with Gasteiger partial charge in [0.25, 0.3) is 0 Å². The first-order chi connectivity index (χ1) is 17.9. The number of fused-ring (bicyclic) bond motifs is 3. The Hall–Kier alpha value is -0.680. The SMILES string of the molecule is CC[C@@]12C#CC[C@H]([C@H](O)CCC3CCC(O)C(OCCCC4CCNC(N)C4)C3)[C@@H](O)C(CCC1)CC2. The molecule has 4 rings (SSSR count). The van der Waals surface area contributed by atoms with Crippen molar-refractivity contribution in [3.05, 3.63) is 0 Å². The van der Waals surface area contributed by atoms with Gasteiger partial charge >= 0.3 is 0 Å². The number of nitrogens with two attached hydrogens (primary N) is 1. The average molecular weight is 519 g/mol. The Balaban J connectivity index is 1.23. The second-order valence-corrected chi connectivity index (χ2v) is 12.9. The number of piperidine rings is 1. The Bertz CT molecular complexity index is 753. The molecule has 2 saturated carbocycles. The molecule has 1 saturated heterocycles. The molecule has 6 unspecified atom stereocenters. The van der Waals surface area contributed by atoms with Crippen molar-refractivity contribution in [3.8, 4) is 11.8 Å². The molecule has 0 radical (unpaired) electrons. The molecule has 10 atom stereocenters. The van der Waals surface area contributed by atoms with Crippen LogP contribution in [0.5, 0.6) is 0 Å². The monoisotopic (exact) mass is 518 g/mol. The van der Waals surface area contributed by atoms with Crippen molar-refractivity contribution in [3.63, 3.8) is 0 Å². The molecule has 0 aromatic carbocycles. The third-order valence-corrected chi connectivity index (χ3v) is 10.4. The molecule has 0 aromatic heterocycles. The van der Waals surface area contributed by atoms with Gasteiger partial charge in [-0.3, -0.25) is 0 Å². The smallest absolute Gasteiger partial charge is 0.0836 e. The molecule has 3 aliphatic carbocycles. The van der Waals surface area contributed by atoms with Gasteiger partial charge in [-0.05, 0) is 114 Å². The maximum Gasteiger partial charge on any atom is 0.0836 e. The second-order valence-electron chi connectivity index (χ2n) is 12.9. The molecule has 37 heavy (non-hydrogen) atoms. The molecule has 6 heteroatoms. The summed E-state index contributed by atoms with van der Waals surface area (Å²) in [5, 5.41) is 36.4. The van der Waals surface area contributed by atoms with Crippen LogP contribution < -0.4 is 11.1 Å². The van der Waals surface area contributed by atoms with Gasteiger partial charge in [0.1, 0.15) is 0 Å². The Morgan fingerprint density at radius 3 is 2.70 bits per heavy atom. The van der Waals surface area contributed by atoms with Crippen LogP contribution in [0.1, 0.15) is 110 Å². The van der Waals surface area contributed by atoms with Gasteiger partial charge in [0.05, 0.1) is 30.6 Å². The zero-order valence-electron chi connectivity index (χ0n) is 23.3. The lowest BCUT2D eigenvalue weighted by molar-refractivity contribution is -0.0761. The Labute approximate surface area is 225 Å². The van der Waals surface area contributed by atoms with Crippen molar-refractivity contribution < 1.29 is 20.1 Å². The fourth-order valence-corrected chi connectivity index (χ4v) is 7.69. The van der Waals surface area contributed by atoms with E-state index in [9.17, 15) is 15.3 Å². The van der Waals surface area contributed by atoms with Gasteiger partial charge in [0.2, 0.25) is 0 Å². The molecule has 1 aliphatic heterocycles. The van der Waals surface area contributed by atoms with Gasteiger partial charge in [-0.25, -0.2) is 0 Å². The van der Waals surface area contributed by atoms with E-state index in [4.69, 9.17) is 10.5 Å². The highest BCUT2D eigenvalue weighted by atomic mass is 16.5. The Kier molecular flexibility index (Phi) is 11.2. The molecule has 3 fully saturated rings. The lowest BCUT2D eigenvalue weighted by Gasteiger charge is -2.35. The second kappa shape index (κ2) is 14.1. The standard InChI is InChI=1S/C31H54N2O4/c1-2-31-15-3-7-24(13-17-31)30(36)25(8-4-16-31)26(34)11-9-23-10-12-27(35)28(20-23)37-19-5-6-22-14-18-33-29(32)21-22/h22-30,33-36H,2-3,5-15,17-21,32H2,1H3/t22?,23?,24?,25-,26-,27?,28?,29?,30+,31+/m1/s1. The molecule has 1 heterocycles. The summed E-state index contributed by atoms with van der Waals surface area (Å²) in [6.07, 6.45) is 14.4. The molecule has 0 aromatic rings. The molecular formula is C31H54N2O4. The van der Waals surface area contributed by atoms with Crippen LogP contribution in [-0.2, 0) is 4.74 Å². The zero-order valence-corrected chi connectivity index (χ0v) is 23.3. The van der Waals surface area contributed by atoms with Crippen molar-refractivity contribution in [1.29, 1.82) is 0 Å². The van der Waals surface area contributed by atoms with Crippen LogP contribution >= 0.6 is 0 Å². The number of hydrogen-bond donors (Lipinski definition) is 5. The highest BCUT2D eigenvalue weighted by Crippen LogP contribution is 2.43. The predicted molar refractivity (Wildman–Crippen MR) is 147 cm³/mol. The maximum atomic E-state index is 11.3. The van der Waals surface area contributed by atoms with E-state index in [0.717, 1.165) is 90.0 Å². The summed E-state index contributed by atoms with van der Waals surface area (Å²) in [4.78, 5) is 0. The topological polar surface area (TPSA) is 108 Å². The van der Waals surface area contributed by atoms with Gasteiger partial charge in [-0.2, -0.15) is 0 Å². The van der Waals surface area contributed by atoms with Crippen LogP contribution in [0.15, 0.2) is 0 Å². The number of aliphatic hydroxyl groups excluding tert-OH is 3. The average Bonchev–Trinajstić information content (AvgIpc) is 3.08. The van der Waals surface area contributed by atoms with Gasteiger partial charge in [0.15, 0.2) is 0 Å². The molecule has 6 N–H and O–H groups in total. The van der Waals surface area contributed by atoms with E-state index in [-0.39, 0.29) is 35.6 Å². The molecule has 0 spiro atoms. The van der Waals surface area contributed by atoms with Gasteiger partial charge in [-0.1, -0.05) is 19.3 Å². The van der Waals surface area contributed by atoms with E-state index in [1.54, 1.807) is 0 Å². The molecular weight excluding hydrogens is 464 g/mol. The quantitative estimate of drug-likeness (QED) is 0.220. The first-order valence-electron chi connectivity index (χ1n) is 15.5. The lowest BCUT2D eigenvalue weighted by Crippen LogP contribution is -2.44. The van der Waals surface area contributed by atoms with E-state index in [0.29, 0.717) is 31.3 Å². The zero-order chi connectivity index (χ0) is 26.3. The van der Waals surface area contributed by atoms with Crippen LogP contribution in [0.2, 0.25) is 0 Å². The van der Waals surface area contributed by atoms with Crippen LogP contribution in [0, 0.1) is 40.9 Å². The largest absolute Gasteiger partial charge is 0.393 e. The fraction of sp³-hybridized carbons (Fsp3) is 0.935. The maximum absolute atomic E-state index is 11.3. The fourth-order valence-electron chi connectivity index (χ4n) is 7.69. The number of nitrogens with one attached hydrogen (secondary N) is 1. The number of ether oxygens (including phenoxy) is 1. The first kappa shape index (κ1) is 29.3. The Morgan fingerprint density at radius 2 is 1.89 bits per heavy atom. The summed E-state index contributed by atoms with van der Waals surface area (Å²) >= 11 is 0. The summed E-state index contributed by atoms with van der Waals surface area (Å²) < 4.78 is 6.18. The lowest BCUT2D eigenvalue weighted by atomic mass is 9.78.